The summed E-state index contributed by atoms with van der Waals surface area (Å²) in [5, 5.41) is 0. The summed E-state index contributed by atoms with van der Waals surface area (Å²) in [6, 6.07) is 0. The second-order valence-electron chi connectivity index (χ2n) is 0. The molecule has 0 aromatic carbocycles. The largest absolute Gasteiger partial charge is 3.00 e. The molecule has 0 spiro atoms. The molecule has 0 saturated heterocycles. The van der Waals surface area contributed by atoms with Gasteiger partial charge in [0, 0.05) is 0 Å². The predicted octanol–water partition coefficient (Wildman–Crippen LogP) is -18.0. The van der Waals surface area contributed by atoms with E-state index in [0.29, 0.717) is 0 Å². The van der Waals surface area contributed by atoms with Gasteiger partial charge in [-0.05, 0) is 0 Å². The molecule has 0 aliphatic heterocycles. The minimum absolute atomic E-state index is 0. The molecule has 8 heavy (non-hydrogen) atoms. The standard InChI is InChI=1S/6BrH.Lr.Pr/h6*1H;;/q;;;;;;;+3/p-6. The molecule has 0 N–H and O–H groups in total. The Kier molecular flexibility index (Phi) is 1170. The van der Waals surface area contributed by atoms with Gasteiger partial charge < -0.3 is 102 Å². The van der Waals surface area contributed by atoms with Crippen molar-refractivity contribution in [2.24, 2.45) is 0 Å². The minimum Gasteiger partial charge on any atom is -1.00 e. The van der Waals surface area contributed by atoms with Gasteiger partial charge in [-0.2, -0.15) is 0 Å². The van der Waals surface area contributed by atoms with E-state index in [4.69, 9.17) is 0 Å². The second kappa shape index (κ2) is 83.2. The fraction of sp³-hybridized carbons (Fsp3) is 0. The van der Waals surface area contributed by atoms with E-state index < -0.39 is 0 Å². The number of hydrogen-bond donors (Lipinski definition) is 0. The summed E-state index contributed by atoms with van der Waals surface area (Å²) >= 11 is 0. The quantitative estimate of drug-likeness (QED) is 0.227. The van der Waals surface area contributed by atoms with Gasteiger partial charge in [0.1, 0.15) is 0 Å². The monoisotopic (exact) mass is 877 g/mol. The summed E-state index contributed by atoms with van der Waals surface area (Å²) < 4.78 is 0. The van der Waals surface area contributed by atoms with Gasteiger partial charge in [-0.3, -0.25) is 0 Å². The first-order valence-corrected chi connectivity index (χ1v) is 0. The second-order valence-corrected chi connectivity index (χ2v) is 0. The fourth-order valence-corrected chi connectivity index (χ4v) is 0. The molecule has 0 rings (SSSR count). The third-order valence-corrected chi connectivity index (χ3v) is 0. The predicted molar refractivity (Wildman–Crippen MR) is 0 cm³/mol. The molecule has 0 aliphatic rings. The van der Waals surface area contributed by atoms with Crippen LogP contribution in [0.15, 0.2) is 0 Å². The van der Waals surface area contributed by atoms with Crippen LogP contribution in [-0.2, 0) is 0 Å². The average Bonchev–Trinajstić information content (AvgIpc) is 0. The number of hydrogen-bond acceptors (Lipinski definition) is 0. The Morgan fingerprint density at radius 2 is 0.375 bits per heavy atom. The van der Waals surface area contributed by atoms with Crippen molar-refractivity contribution in [1.29, 1.82) is 0 Å². The molecule has 0 unspecified atom stereocenters. The Hall–Kier alpha value is 3.24. The summed E-state index contributed by atoms with van der Waals surface area (Å²) in [4.78, 5) is 0. The van der Waals surface area contributed by atoms with Crippen molar-refractivity contribution >= 4 is 0 Å². The summed E-state index contributed by atoms with van der Waals surface area (Å²) in [5.41, 5.74) is 0. The van der Waals surface area contributed by atoms with Crippen molar-refractivity contribution in [3.8, 4) is 0 Å². The molecule has 0 aromatic rings. The van der Waals surface area contributed by atoms with E-state index in [1.54, 1.807) is 0 Å². The van der Waals surface area contributed by atoms with Crippen LogP contribution in [0, 0.1) is 41.3 Å². The van der Waals surface area contributed by atoms with E-state index in [9.17, 15) is 0 Å². The van der Waals surface area contributed by atoms with Gasteiger partial charge >= 0.3 is 41.3 Å². The van der Waals surface area contributed by atoms with E-state index in [2.05, 4.69) is 0 Å². The SMILES string of the molecule is [Br-].[Br-].[Br-].[Br-].[Br-].[Br-].[Lr].[Pr+3]. The van der Waals surface area contributed by atoms with E-state index in [1.165, 1.54) is 0 Å². The average molecular weight is 882 g/mol. The van der Waals surface area contributed by atoms with Gasteiger partial charge in [0.25, 0.3) is 0 Å². The van der Waals surface area contributed by atoms with Gasteiger partial charge in [-0.15, -0.1) is 0 Å². The van der Waals surface area contributed by atoms with Gasteiger partial charge in [-0.1, -0.05) is 0 Å². The molecule has 0 fully saturated rings. The van der Waals surface area contributed by atoms with Crippen molar-refractivity contribution in [1.82, 2.24) is 0 Å². The summed E-state index contributed by atoms with van der Waals surface area (Å²) in [5.74, 6) is 0. The molecule has 8 heteroatoms. The topological polar surface area (TPSA) is 0 Å². The minimum atomic E-state index is 0. The van der Waals surface area contributed by atoms with Crippen molar-refractivity contribution in [2.75, 3.05) is 0 Å². The van der Waals surface area contributed by atoms with Gasteiger partial charge in [-0.25, -0.2) is 0 Å². The molecule has 63 valence electrons. The van der Waals surface area contributed by atoms with Crippen molar-refractivity contribution in [3.63, 3.8) is 0 Å². The molecular formula is Br6LrPr-3. The van der Waals surface area contributed by atoms with Crippen LogP contribution in [-0.4, -0.2) is 0 Å². The zero-order valence-electron chi connectivity index (χ0n) is 3.10. The Bertz CT molecular complexity index is 8.49. The van der Waals surface area contributed by atoms with Crippen LogP contribution in [0.25, 0.3) is 0 Å². The van der Waals surface area contributed by atoms with Gasteiger partial charge in [0.05, 0.1) is 0 Å². The van der Waals surface area contributed by atoms with E-state index >= 15 is 0 Å². The van der Waals surface area contributed by atoms with Gasteiger partial charge in [0.15, 0.2) is 0 Å². The molecule has 0 heterocycles. The van der Waals surface area contributed by atoms with E-state index in [-0.39, 0.29) is 143 Å². The van der Waals surface area contributed by atoms with Crippen LogP contribution in [0.2, 0.25) is 0 Å². The zero-order valence-corrected chi connectivity index (χ0v) is 18.5. The van der Waals surface area contributed by atoms with Crippen LogP contribution in [0.4, 0.5) is 0 Å². The number of rotatable bonds is 0. The first-order chi connectivity index (χ1) is 0. The molecule has 0 nitrogen and oxygen atoms in total. The smallest absolute Gasteiger partial charge is 1.00 e. The Morgan fingerprint density at radius 1 is 0.375 bits per heavy atom. The molecule has 0 aliphatic carbocycles. The Balaban J connectivity index is 0. The van der Waals surface area contributed by atoms with Gasteiger partial charge in [0.2, 0.25) is 0 Å². The van der Waals surface area contributed by atoms with Crippen LogP contribution in [0.3, 0.4) is 0 Å². The maximum absolute atomic E-state index is 0. The maximum atomic E-state index is 0. The Morgan fingerprint density at radius 3 is 0.375 bits per heavy atom. The first-order valence-electron chi connectivity index (χ1n) is 0. The van der Waals surface area contributed by atoms with E-state index in [1.807, 2.05) is 0 Å². The molecular weight excluding hydrogens is 882 g/mol. The van der Waals surface area contributed by atoms with Crippen LogP contribution >= 0.6 is 0 Å². The van der Waals surface area contributed by atoms with Crippen LogP contribution < -0.4 is 102 Å². The molecule has 0 bridgehead atoms. The van der Waals surface area contributed by atoms with Crippen LogP contribution in [0.5, 0.6) is 0 Å². The zero-order chi connectivity index (χ0) is 0. The van der Waals surface area contributed by atoms with Crippen molar-refractivity contribution in [2.45, 2.75) is 0 Å². The molecule has 0 aromatic heterocycles. The maximum Gasteiger partial charge on any atom is 3.00 e. The third-order valence-electron chi connectivity index (χ3n) is 0. The number of halogens is 6. The molecule has 0 amide bonds. The van der Waals surface area contributed by atoms with Crippen molar-refractivity contribution in [3.05, 3.63) is 0 Å². The van der Waals surface area contributed by atoms with E-state index in [0.717, 1.165) is 0 Å². The fourth-order valence-electron chi connectivity index (χ4n) is 0. The van der Waals surface area contributed by atoms with Crippen LogP contribution in [0.1, 0.15) is 0 Å². The summed E-state index contributed by atoms with van der Waals surface area (Å²) in [6.45, 7) is 0. The van der Waals surface area contributed by atoms with Crippen molar-refractivity contribution < 1.29 is 143 Å². The molecule has 0 saturated carbocycles. The first kappa shape index (κ1) is 112. The summed E-state index contributed by atoms with van der Waals surface area (Å²) in [6.07, 6.45) is 0. The molecule has 0 atom stereocenters. The normalized spacial score (nSPS) is 0. The molecule has 1 radical (unpaired) electrons. The third kappa shape index (κ3) is 59.7. The Labute approximate surface area is 140 Å². The summed E-state index contributed by atoms with van der Waals surface area (Å²) in [7, 11) is 0.